The summed E-state index contributed by atoms with van der Waals surface area (Å²) in [6.07, 6.45) is 4.41. The van der Waals surface area contributed by atoms with Crippen LogP contribution in [0.3, 0.4) is 0 Å². The monoisotopic (exact) mass is 278 g/mol. The van der Waals surface area contributed by atoms with Crippen molar-refractivity contribution in [3.05, 3.63) is 22.5 Å². The normalized spacial score (nSPS) is 15.3. The molecule has 20 heavy (non-hydrogen) atoms. The van der Waals surface area contributed by atoms with Crippen molar-refractivity contribution in [3.63, 3.8) is 0 Å². The maximum atomic E-state index is 12.3. The van der Waals surface area contributed by atoms with E-state index in [1.165, 1.54) is 12.8 Å². The Labute approximate surface area is 119 Å². The Hall–Kier alpha value is -1.78. The highest BCUT2D eigenvalue weighted by Gasteiger charge is 2.25. The number of H-pyrrole nitrogens is 1. The lowest BCUT2D eigenvalue weighted by atomic mass is 10.1. The molecule has 0 saturated heterocycles. The highest BCUT2D eigenvalue weighted by Crippen LogP contribution is 2.21. The molecule has 0 aliphatic heterocycles. The van der Waals surface area contributed by atoms with Crippen molar-refractivity contribution in [2.75, 3.05) is 6.61 Å². The Balaban J connectivity index is 2.17. The average molecular weight is 278 g/mol. The van der Waals surface area contributed by atoms with Gasteiger partial charge in [-0.15, -0.1) is 0 Å². The van der Waals surface area contributed by atoms with Gasteiger partial charge in [0.15, 0.2) is 0 Å². The zero-order valence-corrected chi connectivity index (χ0v) is 12.3. The predicted octanol–water partition coefficient (Wildman–Crippen LogP) is 2.48. The van der Waals surface area contributed by atoms with Gasteiger partial charge in [-0.1, -0.05) is 12.8 Å². The van der Waals surface area contributed by atoms with E-state index < -0.39 is 0 Å². The van der Waals surface area contributed by atoms with E-state index in [0.29, 0.717) is 29.1 Å². The molecular formula is C15H22N2O3. The number of aromatic nitrogens is 1. The molecule has 0 atom stereocenters. The van der Waals surface area contributed by atoms with Crippen molar-refractivity contribution in [1.29, 1.82) is 0 Å². The lowest BCUT2D eigenvalue weighted by Gasteiger charge is -2.11. The summed E-state index contributed by atoms with van der Waals surface area (Å²) < 4.78 is 5.03. The summed E-state index contributed by atoms with van der Waals surface area (Å²) in [4.78, 5) is 27.2. The highest BCUT2D eigenvalue weighted by atomic mass is 16.5. The number of ether oxygens (including phenoxy) is 1. The number of aryl methyl sites for hydroxylation is 1. The fraction of sp³-hybridized carbons (Fsp3) is 0.600. The molecule has 1 saturated carbocycles. The van der Waals surface area contributed by atoms with Crippen molar-refractivity contribution >= 4 is 11.9 Å². The minimum atomic E-state index is -0.376. The molecule has 1 aromatic rings. The Bertz CT molecular complexity index is 513. The standard InChI is InChI=1S/C15H22N2O3/c1-4-20-15(19)12-9(2)13(16-10(12)3)14(18)17-11-7-5-6-8-11/h11,16H,4-8H2,1-3H3,(H,17,18). The summed E-state index contributed by atoms with van der Waals surface area (Å²) in [5.41, 5.74) is 2.29. The molecule has 2 rings (SSSR count). The largest absolute Gasteiger partial charge is 0.462 e. The number of hydrogen-bond donors (Lipinski definition) is 2. The van der Waals surface area contributed by atoms with Crippen LogP contribution in [0.4, 0.5) is 0 Å². The van der Waals surface area contributed by atoms with Crippen LogP contribution in [0.15, 0.2) is 0 Å². The number of carbonyl (C=O) groups excluding carboxylic acids is 2. The summed E-state index contributed by atoms with van der Waals surface area (Å²) in [7, 11) is 0. The van der Waals surface area contributed by atoms with E-state index in [2.05, 4.69) is 10.3 Å². The SMILES string of the molecule is CCOC(=O)c1c(C)[nH]c(C(=O)NC2CCCC2)c1C. The zero-order valence-electron chi connectivity index (χ0n) is 12.3. The van der Waals surface area contributed by atoms with E-state index in [0.717, 1.165) is 12.8 Å². The fourth-order valence-electron chi connectivity index (χ4n) is 2.81. The van der Waals surface area contributed by atoms with E-state index in [1.54, 1.807) is 20.8 Å². The van der Waals surface area contributed by atoms with Crippen LogP contribution in [-0.2, 0) is 4.74 Å². The molecule has 5 heteroatoms. The fourth-order valence-corrected chi connectivity index (χ4v) is 2.81. The molecule has 1 aliphatic rings. The van der Waals surface area contributed by atoms with Crippen molar-refractivity contribution in [1.82, 2.24) is 10.3 Å². The first-order chi connectivity index (χ1) is 9.54. The Morgan fingerprint density at radius 2 is 1.95 bits per heavy atom. The summed E-state index contributed by atoms with van der Waals surface area (Å²) >= 11 is 0. The third kappa shape index (κ3) is 2.86. The van der Waals surface area contributed by atoms with Crippen molar-refractivity contribution < 1.29 is 14.3 Å². The minimum Gasteiger partial charge on any atom is -0.462 e. The molecule has 110 valence electrons. The summed E-state index contributed by atoms with van der Waals surface area (Å²) in [5, 5.41) is 3.03. The summed E-state index contributed by atoms with van der Waals surface area (Å²) in [5.74, 6) is -0.508. The highest BCUT2D eigenvalue weighted by molar-refractivity contribution is 6.00. The van der Waals surface area contributed by atoms with E-state index >= 15 is 0 Å². The van der Waals surface area contributed by atoms with Gasteiger partial charge >= 0.3 is 5.97 Å². The number of esters is 1. The second-order valence-electron chi connectivity index (χ2n) is 5.30. The van der Waals surface area contributed by atoms with E-state index in [9.17, 15) is 9.59 Å². The van der Waals surface area contributed by atoms with Gasteiger partial charge in [-0.3, -0.25) is 4.79 Å². The molecule has 5 nitrogen and oxygen atoms in total. The first-order valence-corrected chi connectivity index (χ1v) is 7.21. The van der Waals surface area contributed by atoms with E-state index in [-0.39, 0.29) is 17.9 Å². The first-order valence-electron chi connectivity index (χ1n) is 7.21. The number of rotatable bonds is 4. The van der Waals surface area contributed by atoms with Gasteiger partial charge in [0, 0.05) is 11.7 Å². The Morgan fingerprint density at radius 3 is 2.55 bits per heavy atom. The van der Waals surface area contributed by atoms with E-state index in [1.807, 2.05) is 0 Å². The zero-order chi connectivity index (χ0) is 14.7. The van der Waals surface area contributed by atoms with Gasteiger partial charge in [0.05, 0.1) is 12.2 Å². The third-order valence-electron chi connectivity index (χ3n) is 3.83. The van der Waals surface area contributed by atoms with Crippen LogP contribution in [0.2, 0.25) is 0 Å². The number of hydrogen-bond acceptors (Lipinski definition) is 3. The lowest BCUT2D eigenvalue weighted by Crippen LogP contribution is -2.33. The molecule has 1 fully saturated rings. The molecule has 1 aliphatic carbocycles. The third-order valence-corrected chi connectivity index (χ3v) is 3.83. The van der Waals surface area contributed by atoms with Gasteiger partial charge in [-0.05, 0) is 39.2 Å². The lowest BCUT2D eigenvalue weighted by molar-refractivity contribution is 0.0525. The van der Waals surface area contributed by atoms with Gasteiger partial charge in [0.2, 0.25) is 0 Å². The van der Waals surface area contributed by atoms with Crippen LogP contribution in [0.25, 0.3) is 0 Å². The van der Waals surface area contributed by atoms with Gasteiger partial charge < -0.3 is 15.0 Å². The van der Waals surface area contributed by atoms with Crippen LogP contribution in [0.1, 0.15) is 64.7 Å². The van der Waals surface area contributed by atoms with Crippen molar-refractivity contribution in [3.8, 4) is 0 Å². The number of aromatic amines is 1. The van der Waals surface area contributed by atoms with Crippen LogP contribution in [0, 0.1) is 13.8 Å². The molecule has 1 aromatic heterocycles. The molecule has 0 unspecified atom stereocenters. The molecule has 0 radical (unpaired) electrons. The van der Waals surface area contributed by atoms with Gasteiger partial charge in [0.1, 0.15) is 5.69 Å². The summed E-state index contributed by atoms with van der Waals surface area (Å²) in [6, 6.07) is 0.261. The molecule has 0 bridgehead atoms. The summed E-state index contributed by atoms with van der Waals surface area (Å²) in [6.45, 7) is 5.65. The van der Waals surface area contributed by atoms with Crippen molar-refractivity contribution in [2.45, 2.75) is 52.5 Å². The molecule has 2 N–H and O–H groups in total. The maximum Gasteiger partial charge on any atom is 0.340 e. The topological polar surface area (TPSA) is 71.2 Å². The number of amides is 1. The van der Waals surface area contributed by atoms with Crippen LogP contribution in [0.5, 0.6) is 0 Å². The molecule has 1 amide bonds. The van der Waals surface area contributed by atoms with E-state index in [4.69, 9.17) is 4.74 Å². The molecule has 0 aromatic carbocycles. The molecule has 0 spiro atoms. The van der Waals surface area contributed by atoms with Crippen LogP contribution in [-0.4, -0.2) is 29.5 Å². The average Bonchev–Trinajstić information content (AvgIpc) is 2.98. The second kappa shape index (κ2) is 6.11. The van der Waals surface area contributed by atoms with Gasteiger partial charge in [-0.25, -0.2) is 4.79 Å². The maximum absolute atomic E-state index is 12.3. The van der Waals surface area contributed by atoms with Crippen LogP contribution >= 0.6 is 0 Å². The Morgan fingerprint density at radius 1 is 1.30 bits per heavy atom. The quantitative estimate of drug-likeness (QED) is 0.831. The smallest absolute Gasteiger partial charge is 0.340 e. The second-order valence-corrected chi connectivity index (χ2v) is 5.30. The molecular weight excluding hydrogens is 256 g/mol. The minimum absolute atomic E-state index is 0.131. The predicted molar refractivity (Wildman–Crippen MR) is 75.9 cm³/mol. The first kappa shape index (κ1) is 14.6. The van der Waals surface area contributed by atoms with Crippen molar-refractivity contribution in [2.24, 2.45) is 0 Å². The Kier molecular flexibility index (Phi) is 4.47. The van der Waals surface area contributed by atoms with Gasteiger partial charge in [-0.2, -0.15) is 0 Å². The van der Waals surface area contributed by atoms with Crippen LogP contribution < -0.4 is 5.32 Å². The number of nitrogens with one attached hydrogen (secondary N) is 2. The van der Waals surface area contributed by atoms with Gasteiger partial charge in [0.25, 0.3) is 5.91 Å². The number of carbonyl (C=O) groups is 2. The molecule has 1 heterocycles.